The lowest BCUT2D eigenvalue weighted by Crippen LogP contribution is -2.44. The highest BCUT2D eigenvalue weighted by atomic mass is 32.1. The second-order valence-electron chi connectivity index (χ2n) is 6.95. The molecule has 0 bridgehead atoms. The molecule has 1 fully saturated rings. The lowest BCUT2D eigenvalue weighted by molar-refractivity contribution is 0.0674. The van der Waals surface area contributed by atoms with Crippen molar-refractivity contribution in [1.29, 1.82) is 0 Å². The smallest absolute Gasteiger partial charge is 0.253 e. The lowest BCUT2D eigenvalue weighted by Gasteiger charge is -2.38. The fourth-order valence-corrected chi connectivity index (χ4v) is 4.63. The van der Waals surface area contributed by atoms with Crippen LogP contribution in [0.25, 0.3) is 4.83 Å². The molecule has 0 unspecified atom stereocenters. The molecule has 1 aromatic carbocycles. The van der Waals surface area contributed by atoms with Gasteiger partial charge in [0.25, 0.3) is 5.91 Å². The number of thiazole rings is 1. The van der Waals surface area contributed by atoms with E-state index in [-0.39, 0.29) is 17.1 Å². The Morgan fingerprint density at radius 2 is 2.08 bits per heavy atom. The minimum absolute atomic E-state index is 0.0386. The number of hydrogen-bond acceptors (Lipinski definition) is 3. The van der Waals surface area contributed by atoms with Crippen molar-refractivity contribution in [3.05, 3.63) is 58.7 Å². The molecule has 1 saturated heterocycles. The largest absolute Gasteiger partial charge is 0.339 e. The Balaban J connectivity index is 1.54. The monoisotopic (exact) mass is 357 g/mol. The summed E-state index contributed by atoms with van der Waals surface area (Å²) in [6, 6.07) is 5.92. The van der Waals surface area contributed by atoms with Gasteiger partial charge in [0.05, 0.1) is 5.69 Å². The SMILES string of the molecule is Cc1nc(C2(C)CCN(C(=O)c3cccc(F)c3)CC2)c2sccn12. The zero-order valence-electron chi connectivity index (χ0n) is 14.3. The van der Waals surface area contributed by atoms with E-state index in [9.17, 15) is 9.18 Å². The molecule has 0 N–H and O–H groups in total. The second kappa shape index (κ2) is 5.95. The summed E-state index contributed by atoms with van der Waals surface area (Å²) in [5, 5.41) is 2.08. The van der Waals surface area contributed by atoms with Gasteiger partial charge in [-0.2, -0.15) is 0 Å². The number of fused-ring (bicyclic) bond motifs is 1. The van der Waals surface area contributed by atoms with Crippen molar-refractivity contribution >= 4 is 22.1 Å². The highest BCUT2D eigenvalue weighted by Crippen LogP contribution is 2.38. The summed E-state index contributed by atoms with van der Waals surface area (Å²) in [5.41, 5.74) is 1.52. The van der Waals surface area contributed by atoms with Crippen LogP contribution in [0.1, 0.15) is 41.6 Å². The van der Waals surface area contributed by atoms with Crippen molar-refractivity contribution in [3.8, 4) is 0 Å². The molecule has 0 saturated carbocycles. The molecule has 3 heterocycles. The molecule has 0 atom stereocenters. The summed E-state index contributed by atoms with van der Waals surface area (Å²) in [7, 11) is 0. The number of amides is 1. The number of aromatic nitrogens is 2. The molecule has 0 radical (unpaired) electrons. The van der Waals surface area contributed by atoms with Crippen LogP contribution in [0.2, 0.25) is 0 Å². The Bertz CT molecular complexity index is 937. The minimum Gasteiger partial charge on any atom is -0.339 e. The molecule has 1 aliphatic rings. The highest BCUT2D eigenvalue weighted by molar-refractivity contribution is 7.15. The van der Waals surface area contributed by atoms with Crippen LogP contribution in [0.3, 0.4) is 0 Å². The third-order valence-electron chi connectivity index (χ3n) is 5.23. The molecule has 1 aliphatic heterocycles. The molecule has 25 heavy (non-hydrogen) atoms. The zero-order valence-corrected chi connectivity index (χ0v) is 15.1. The van der Waals surface area contributed by atoms with Crippen molar-refractivity contribution in [2.75, 3.05) is 13.1 Å². The van der Waals surface area contributed by atoms with E-state index in [1.165, 1.54) is 17.0 Å². The zero-order chi connectivity index (χ0) is 17.6. The van der Waals surface area contributed by atoms with Gasteiger partial charge in [-0.1, -0.05) is 13.0 Å². The van der Waals surface area contributed by atoms with Crippen molar-refractivity contribution in [2.45, 2.75) is 32.1 Å². The van der Waals surface area contributed by atoms with Gasteiger partial charge in [-0.05, 0) is 38.0 Å². The van der Waals surface area contributed by atoms with E-state index in [2.05, 4.69) is 22.9 Å². The predicted octanol–water partition coefficient (Wildman–Crippen LogP) is 4.04. The Morgan fingerprint density at radius 1 is 1.32 bits per heavy atom. The van der Waals surface area contributed by atoms with E-state index in [0.29, 0.717) is 18.7 Å². The van der Waals surface area contributed by atoms with Crippen LogP contribution >= 0.6 is 11.3 Å². The Kier molecular flexibility index (Phi) is 3.87. The average molecular weight is 357 g/mol. The summed E-state index contributed by atoms with van der Waals surface area (Å²) in [5.74, 6) is 0.538. The van der Waals surface area contributed by atoms with Crippen LogP contribution < -0.4 is 0 Å². The second-order valence-corrected chi connectivity index (χ2v) is 7.84. The molecule has 0 aliphatic carbocycles. The van der Waals surface area contributed by atoms with Gasteiger partial charge in [0.2, 0.25) is 0 Å². The molecule has 3 aromatic rings. The van der Waals surface area contributed by atoms with Crippen LogP contribution in [0.5, 0.6) is 0 Å². The summed E-state index contributed by atoms with van der Waals surface area (Å²) in [4.78, 5) is 20.4. The van der Waals surface area contributed by atoms with Gasteiger partial charge in [-0.3, -0.25) is 9.20 Å². The number of imidazole rings is 1. The normalized spacial score (nSPS) is 17.2. The van der Waals surface area contributed by atoms with E-state index < -0.39 is 0 Å². The molecule has 2 aromatic heterocycles. The number of rotatable bonds is 2. The number of nitrogens with zero attached hydrogens (tertiary/aromatic N) is 3. The molecule has 6 heteroatoms. The number of likely N-dealkylation sites (tertiary alicyclic amines) is 1. The maximum atomic E-state index is 13.4. The van der Waals surface area contributed by atoms with E-state index >= 15 is 0 Å². The number of hydrogen-bond donors (Lipinski definition) is 0. The van der Waals surface area contributed by atoms with Gasteiger partial charge < -0.3 is 4.90 Å². The van der Waals surface area contributed by atoms with Crippen LogP contribution in [0.4, 0.5) is 4.39 Å². The first-order chi connectivity index (χ1) is 12.0. The van der Waals surface area contributed by atoms with Gasteiger partial charge in [0, 0.05) is 35.6 Å². The fraction of sp³-hybridized carbons (Fsp3) is 0.368. The molecular formula is C19H20FN3OS. The van der Waals surface area contributed by atoms with Gasteiger partial charge >= 0.3 is 0 Å². The summed E-state index contributed by atoms with van der Waals surface area (Å²) >= 11 is 1.71. The van der Waals surface area contributed by atoms with Gasteiger partial charge in [-0.25, -0.2) is 9.37 Å². The van der Waals surface area contributed by atoms with Gasteiger partial charge in [-0.15, -0.1) is 11.3 Å². The van der Waals surface area contributed by atoms with Crippen molar-refractivity contribution in [1.82, 2.24) is 14.3 Å². The van der Waals surface area contributed by atoms with Gasteiger partial charge in [0.1, 0.15) is 16.5 Å². The predicted molar refractivity (Wildman–Crippen MR) is 96.7 cm³/mol. The van der Waals surface area contributed by atoms with Gasteiger partial charge in [0.15, 0.2) is 0 Å². The number of carbonyl (C=O) groups excluding carboxylic acids is 1. The Labute approximate surface area is 149 Å². The first kappa shape index (κ1) is 16.3. The van der Waals surface area contributed by atoms with Crippen molar-refractivity contribution < 1.29 is 9.18 Å². The Hall–Kier alpha value is -2.21. The van der Waals surface area contributed by atoms with Crippen LogP contribution in [0.15, 0.2) is 35.8 Å². The minimum atomic E-state index is -0.374. The molecule has 4 rings (SSSR count). The van der Waals surface area contributed by atoms with E-state index in [1.54, 1.807) is 23.5 Å². The first-order valence-electron chi connectivity index (χ1n) is 8.45. The van der Waals surface area contributed by atoms with Crippen molar-refractivity contribution in [3.63, 3.8) is 0 Å². The number of carbonyl (C=O) groups is 1. The van der Waals surface area contributed by atoms with Crippen LogP contribution in [0, 0.1) is 12.7 Å². The van der Waals surface area contributed by atoms with E-state index in [4.69, 9.17) is 4.98 Å². The highest BCUT2D eigenvalue weighted by Gasteiger charge is 2.37. The van der Waals surface area contributed by atoms with Crippen molar-refractivity contribution in [2.24, 2.45) is 0 Å². The number of piperidine rings is 1. The van der Waals surface area contributed by atoms with Crippen LogP contribution in [-0.2, 0) is 5.41 Å². The number of benzene rings is 1. The first-order valence-corrected chi connectivity index (χ1v) is 9.33. The van der Waals surface area contributed by atoms with Crippen LogP contribution in [-0.4, -0.2) is 33.3 Å². The van der Waals surface area contributed by atoms with E-state index in [0.717, 1.165) is 24.4 Å². The molecule has 130 valence electrons. The standard InChI is InChI=1S/C19H20FN3OS/c1-13-21-16(18-23(13)10-11-25-18)19(2)6-8-22(9-7-19)17(24)14-4-3-5-15(20)12-14/h3-5,10-12H,6-9H2,1-2H3. The third kappa shape index (κ3) is 2.74. The number of aryl methyl sites for hydroxylation is 1. The quantitative estimate of drug-likeness (QED) is 0.694. The molecule has 1 amide bonds. The number of halogens is 1. The summed E-state index contributed by atoms with van der Waals surface area (Å²) in [6.45, 7) is 5.58. The third-order valence-corrected chi connectivity index (χ3v) is 6.10. The average Bonchev–Trinajstić information content (AvgIpc) is 3.19. The molecule has 0 spiro atoms. The summed E-state index contributed by atoms with van der Waals surface area (Å²) in [6.07, 6.45) is 3.77. The lowest BCUT2D eigenvalue weighted by atomic mass is 9.77. The maximum Gasteiger partial charge on any atom is 0.253 e. The fourth-order valence-electron chi connectivity index (χ4n) is 3.61. The molecule has 4 nitrogen and oxygen atoms in total. The topological polar surface area (TPSA) is 37.6 Å². The molecular weight excluding hydrogens is 337 g/mol. The Morgan fingerprint density at radius 3 is 2.80 bits per heavy atom. The maximum absolute atomic E-state index is 13.4. The van der Waals surface area contributed by atoms with E-state index in [1.807, 2.05) is 11.8 Å². The summed E-state index contributed by atoms with van der Waals surface area (Å²) < 4.78 is 15.5.